The zero-order chi connectivity index (χ0) is 14.1. The molecule has 0 unspecified atom stereocenters. The molecule has 0 spiro atoms. The minimum absolute atomic E-state index is 0.0856. The second-order valence-electron chi connectivity index (χ2n) is 4.91. The molecule has 1 aliphatic carbocycles. The molecule has 6 nitrogen and oxygen atoms in total. The molecule has 6 heteroatoms. The van der Waals surface area contributed by atoms with Crippen LogP contribution in [-0.4, -0.2) is 50.3 Å². The second-order valence-corrected chi connectivity index (χ2v) is 4.91. The van der Waals surface area contributed by atoms with Crippen molar-refractivity contribution in [1.82, 2.24) is 15.5 Å². The summed E-state index contributed by atoms with van der Waals surface area (Å²) >= 11 is 0. The highest BCUT2D eigenvalue weighted by atomic mass is 16.5. The molecule has 0 aliphatic heterocycles. The Morgan fingerprint density at radius 3 is 2.47 bits per heavy atom. The van der Waals surface area contributed by atoms with Crippen molar-refractivity contribution in [3.05, 3.63) is 0 Å². The second kappa shape index (κ2) is 8.61. The van der Waals surface area contributed by atoms with Crippen LogP contribution in [0.25, 0.3) is 0 Å². The molecule has 1 rings (SSSR count). The summed E-state index contributed by atoms with van der Waals surface area (Å²) in [4.78, 5) is 24.5. The van der Waals surface area contributed by atoms with Crippen molar-refractivity contribution in [2.24, 2.45) is 5.92 Å². The maximum atomic E-state index is 11.8. The number of urea groups is 1. The molecule has 19 heavy (non-hydrogen) atoms. The van der Waals surface area contributed by atoms with Gasteiger partial charge >= 0.3 is 12.1 Å². The van der Waals surface area contributed by atoms with Crippen LogP contribution in [0, 0.1) is 5.92 Å². The number of nitrogens with zero attached hydrogens (tertiary/aromatic N) is 1. The fourth-order valence-electron chi connectivity index (χ4n) is 2.31. The predicted octanol–water partition coefficient (Wildman–Crippen LogP) is 1.56. The summed E-state index contributed by atoms with van der Waals surface area (Å²) in [6.07, 6.45) is 4.56. The third-order valence-electron chi connectivity index (χ3n) is 3.30. The molecule has 110 valence electrons. The third-order valence-corrected chi connectivity index (χ3v) is 3.30. The lowest BCUT2D eigenvalue weighted by atomic mass is 10.1. The Hall–Kier alpha value is -1.46. The van der Waals surface area contributed by atoms with Gasteiger partial charge in [-0.05, 0) is 25.7 Å². The van der Waals surface area contributed by atoms with Crippen LogP contribution in [0.15, 0.2) is 0 Å². The van der Waals surface area contributed by atoms with Crippen molar-refractivity contribution in [2.45, 2.75) is 32.6 Å². The first-order chi connectivity index (χ1) is 9.13. The van der Waals surface area contributed by atoms with E-state index >= 15 is 0 Å². The van der Waals surface area contributed by atoms with Crippen LogP contribution >= 0.6 is 0 Å². The molecule has 0 radical (unpaired) electrons. The molecule has 0 saturated heterocycles. The number of carbonyl (C=O) groups is 2. The average Bonchev–Trinajstić information content (AvgIpc) is 2.87. The molecular formula is C13H25N3O3. The summed E-state index contributed by atoms with van der Waals surface area (Å²) in [6, 6.07) is -0.0856. The SMILES string of the molecule is CCOC(=O)NCCNC(=O)N(C)CC1CCCC1. The van der Waals surface area contributed by atoms with Crippen LogP contribution in [0.1, 0.15) is 32.6 Å². The van der Waals surface area contributed by atoms with Gasteiger partial charge in [0.05, 0.1) is 6.61 Å². The van der Waals surface area contributed by atoms with E-state index in [1.54, 1.807) is 11.8 Å². The number of amides is 3. The highest BCUT2D eigenvalue weighted by Gasteiger charge is 2.19. The Bertz CT molecular complexity index is 291. The summed E-state index contributed by atoms with van der Waals surface area (Å²) in [6.45, 7) is 3.70. The van der Waals surface area contributed by atoms with Gasteiger partial charge in [0.2, 0.25) is 0 Å². The highest BCUT2D eigenvalue weighted by molar-refractivity contribution is 5.74. The van der Waals surface area contributed by atoms with E-state index in [1.807, 2.05) is 7.05 Å². The molecule has 0 bridgehead atoms. The average molecular weight is 271 g/mol. The topological polar surface area (TPSA) is 70.7 Å². The van der Waals surface area contributed by atoms with E-state index in [0.29, 0.717) is 25.6 Å². The Labute approximate surface area is 114 Å². The maximum Gasteiger partial charge on any atom is 0.407 e. The van der Waals surface area contributed by atoms with E-state index in [-0.39, 0.29) is 6.03 Å². The van der Waals surface area contributed by atoms with Gasteiger partial charge in [-0.1, -0.05) is 12.8 Å². The van der Waals surface area contributed by atoms with E-state index in [1.165, 1.54) is 25.7 Å². The first-order valence-corrected chi connectivity index (χ1v) is 7.03. The molecule has 1 saturated carbocycles. The molecular weight excluding hydrogens is 246 g/mol. The van der Waals surface area contributed by atoms with Gasteiger partial charge in [-0.3, -0.25) is 0 Å². The molecule has 1 aliphatic rings. The minimum Gasteiger partial charge on any atom is -0.450 e. The zero-order valence-corrected chi connectivity index (χ0v) is 11.9. The highest BCUT2D eigenvalue weighted by Crippen LogP contribution is 2.24. The minimum atomic E-state index is -0.448. The Morgan fingerprint density at radius 2 is 1.84 bits per heavy atom. The first-order valence-electron chi connectivity index (χ1n) is 7.03. The van der Waals surface area contributed by atoms with Gasteiger partial charge in [0.25, 0.3) is 0 Å². The molecule has 2 N–H and O–H groups in total. The first kappa shape index (κ1) is 15.6. The van der Waals surface area contributed by atoms with E-state index in [0.717, 1.165) is 6.54 Å². The number of hydrogen-bond acceptors (Lipinski definition) is 3. The lowest BCUT2D eigenvalue weighted by molar-refractivity contribution is 0.152. The van der Waals surface area contributed by atoms with E-state index in [2.05, 4.69) is 10.6 Å². The van der Waals surface area contributed by atoms with Crippen molar-refractivity contribution in [2.75, 3.05) is 33.3 Å². The van der Waals surface area contributed by atoms with E-state index in [4.69, 9.17) is 4.74 Å². The van der Waals surface area contributed by atoms with Gasteiger partial charge in [-0.15, -0.1) is 0 Å². The monoisotopic (exact) mass is 271 g/mol. The van der Waals surface area contributed by atoms with Crippen LogP contribution in [0.2, 0.25) is 0 Å². The van der Waals surface area contributed by atoms with Crippen LogP contribution in [0.5, 0.6) is 0 Å². The van der Waals surface area contributed by atoms with Gasteiger partial charge in [0.15, 0.2) is 0 Å². The van der Waals surface area contributed by atoms with Crippen LogP contribution in [-0.2, 0) is 4.74 Å². The third kappa shape index (κ3) is 6.31. The normalized spacial score (nSPS) is 15.1. The molecule has 0 aromatic carbocycles. The van der Waals surface area contributed by atoms with Crippen molar-refractivity contribution in [3.63, 3.8) is 0 Å². The largest absolute Gasteiger partial charge is 0.450 e. The number of ether oxygens (including phenoxy) is 1. The van der Waals surface area contributed by atoms with Crippen LogP contribution in [0.3, 0.4) is 0 Å². The standard InChI is InChI=1S/C13H25N3O3/c1-3-19-13(18)15-9-8-14-12(17)16(2)10-11-6-4-5-7-11/h11H,3-10H2,1-2H3,(H,14,17)(H,15,18). The van der Waals surface area contributed by atoms with Gasteiger partial charge in [-0.25, -0.2) is 9.59 Å². The smallest absolute Gasteiger partial charge is 0.407 e. The number of hydrogen-bond donors (Lipinski definition) is 2. The van der Waals surface area contributed by atoms with E-state index < -0.39 is 6.09 Å². The number of alkyl carbamates (subject to hydrolysis) is 1. The van der Waals surface area contributed by atoms with E-state index in [9.17, 15) is 9.59 Å². The maximum absolute atomic E-state index is 11.8. The van der Waals surface area contributed by atoms with Gasteiger partial charge in [0, 0.05) is 26.7 Å². The molecule has 0 aromatic heterocycles. The van der Waals surface area contributed by atoms with Crippen molar-refractivity contribution < 1.29 is 14.3 Å². The Kier molecular flexibility index (Phi) is 7.07. The van der Waals surface area contributed by atoms with Gasteiger partial charge in [-0.2, -0.15) is 0 Å². The fourth-order valence-corrected chi connectivity index (χ4v) is 2.31. The summed E-state index contributed by atoms with van der Waals surface area (Å²) in [5, 5.41) is 5.33. The lowest BCUT2D eigenvalue weighted by Gasteiger charge is -2.21. The Morgan fingerprint density at radius 1 is 1.21 bits per heavy atom. The number of rotatable bonds is 6. The Balaban J connectivity index is 2.07. The lowest BCUT2D eigenvalue weighted by Crippen LogP contribution is -2.42. The van der Waals surface area contributed by atoms with Gasteiger partial charge < -0.3 is 20.3 Å². The summed E-state index contributed by atoms with van der Waals surface area (Å²) in [7, 11) is 1.81. The van der Waals surface area contributed by atoms with Crippen LogP contribution in [0.4, 0.5) is 9.59 Å². The fraction of sp³-hybridized carbons (Fsp3) is 0.846. The van der Waals surface area contributed by atoms with Crippen LogP contribution < -0.4 is 10.6 Å². The number of nitrogens with one attached hydrogen (secondary N) is 2. The summed E-state index contributed by atoms with van der Waals surface area (Å²) in [5.41, 5.74) is 0. The summed E-state index contributed by atoms with van der Waals surface area (Å²) in [5.74, 6) is 0.647. The summed E-state index contributed by atoms with van der Waals surface area (Å²) < 4.78 is 4.71. The van der Waals surface area contributed by atoms with Crippen molar-refractivity contribution >= 4 is 12.1 Å². The zero-order valence-electron chi connectivity index (χ0n) is 11.9. The van der Waals surface area contributed by atoms with Gasteiger partial charge in [0.1, 0.15) is 0 Å². The molecule has 1 fully saturated rings. The van der Waals surface area contributed by atoms with Crippen molar-refractivity contribution in [1.29, 1.82) is 0 Å². The van der Waals surface area contributed by atoms with Crippen molar-refractivity contribution in [3.8, 4) is 0 Å². The quantitative estimate of drug-likeness (QED) is 0.720. The number of carbonyl (C=O) groups excluding carboxylic acids is 2. The molecule has 0 atom stereocenters. The predicted molar refractivity (Wildman–Crippen MR) is 73.0 cm³/mol. The molecule has 3 amide bonds. The molecule has 0 aromatic rings. The molecule has 0 heterocycles.